The fourth-order valence-electron chi connectivity index (χ4n) is 1.10. The molecule has 0 aliphatic heterocycles. The number of phenols is 1. The maximum absolute atomic E-state index is 12.3. The first-order valence-corrected chi connectivity index (χ1v) is 4.84. The molecule has 0 amide bonds. The Morgan fingerprint density at radius 3 is 2.50 bits per heavy atom. The standard InChI is InChI=1S/C8H7BrF2N2O3/c9-5-2-3(13(15)16)1-4(7(5)14)6(12)8(10)11/h1-2,6,8,14H,12H2/t6-/m1/s1. The molecule has 0 aromatic heterocycles. The minimum absolute atomic E-state index is 0.0483. The van der Waals surface area contributed by atoms with Crippen LogP contribution in [0.5, 0.6) is 5.75 Å². The minimum Gasteiger partial charge on any atom is -0.506 e. The summed E-state index contributed by atoms with van der Waals surface area (Å²) in [6.45, 7) is 0. The highest BCUT2D eigenvalue weighted by atomic mass is 79.9. The molecule has 1 aromatic rings. The third-order valence-electron chi connectivity index (χ3n) is 1.92. The summed E-state index contributed by atoms with van der Waals surface area (Å²) in [7, 11) is 0. The van der Waals surface area contributed by atoms with Crippen molar-refractivity contribution in [3.8, 4) is 5.75 Å². The third-order valence-corrected chi connectivity index (χ3v) is 2.52. The van der Waals surface area contributed by atoms with Crippen LogP contribution >= 0.6 is 15.9 Å². The Labute approximate surface area is 97.1 Å². The zero-order valence-corrected chi connectivity index (χ0v) is 9.32. The maximum atomic E-state index is 12.3. The molecular weight excluding hydrogens is 290 g/mol. The number of halogens is 3. The number of nitrogens with zero attached hydrogens (tertiary/aromatic N) is 1. The molecule has 1 atom stereocenters. The first-order valence-electron chi connectivity index (χ1n) is 4.05. The molecular formula is C8H7BrF2N2O3. The summed E-state index contributed by atoms with van der Waals surface area (Å²) in [6, 6.07) is 0.0738. The number of hydrogen-bond acceptors (Lipinski definition) is 4. The van der Waals surface area contributed by atoms with Gasteiger partial charge < -0.3 is 10.8 Å². The van der Waals surface area contributed by atoms with E-state index < -0.39 is 28.8 Å². The van der Waals surface area contributed by atoms with Crippen molar-refractivity contribution < 1.29 is 18.8 Å². The monoisotopic (exact) mass is 296 g/mol. The predicted molar refractivity (Wildman–Crippen MR) is 55.4 cm³/mol. The lowest BCUT2D eigenvalue weighted by molar-refractivity contribution is -0.385. The molecule has 5 nitrogen and oxygen atoms in total. The summed E-state index contributed by atoms with van der Waals surface area (Å²) in [5.41, 5.74) is 4.34. The van der Waals surface area contributed by atoms with E-state index in [0.29, 0.717) is 0 Å². The Morgan fingerprint density at radius 2 is 2.06 bits per heavy atom. The molecule has 8 heteroatoms. The summed E-state index contributed by atoms with van der Waals surface area (Å²) in [4.78, 5) is 9.73. The average molecular weight is 297 g/mol. The second-order valence-corrected chi connectivity index (χ2v) is 3.84. The third kappa shape index (κ3) is 2.45. The van der Waals surface area contributed by atoms with Crippen LogP contribution < -0.4 is 5.73 Å². The molecule has 0 saturated heterocycles. The first-order chi connectivity index (χ1) is 7.34. The van der Waals surface area contributed by atoms with Crippen molar-refractivity contribution >= 4 is 21.6 Å². The number of hydrogen-bond donors (Lipinski definition) is 2. The van der Waals surface area contributed by atoms with Crippen molar-refractivity contribution in [2.24, 2.45) is 5.73 Å². The molecule has 0 radical (unpaired) electrons. The average Bonchev–Trinajstić information content (AvgIpc) is 2.20. The van der Waals surface area contributed by atoms with Crippen LogP contribution in [0.2, 0.25) is 0 Å². The highest BCUT2D eigenvalue weighted by Crippen LogP contribution is 2.36. The Kier molecular flexibility index (Phi) is 3.76. The Hall–Kier alpha value is -1.28. The van der Waals surface area contributed by atoms with Crippen LogP contribution in [0.25, 0.3) is 0 Å². The quantitative estimate of drug-likeness (QED) is 0.662. The van der Waals surface area contributed by atoms with Crippen molar-refractivity contribution in [2.45, 2.75) is 12.5 Å². The molecule has 0 aliphatic carbocycles. The second kappa shape index (κ2) is 4.71. The van der Waals surface area contributed by atoms with Crippen LogP contribution in [0, 0.1) is 10.1 Å². The van der Waals surface area contributed by atoms with Crippen molar-refractivity contribution in [1.29, 1.82) is 0 Å². The van der Waals surface area contributed by atoms with Crippen LogP contribution in [0.15, 0.2) is 16.6 Å². The predicted octanol–water partition coefficient (Wildman–Crippen LogP) is 2.33. The summed E-state index contributed by atoms with van der Waals surface area (Å²) in [5.74, 6) is -0.515. The van der Waals surface area contributed by atoms with E-state index >= 15 is 0 Å². The number of non-ortho nitro benzene ring substituents is 1. The fourth-order valence-corrected chi connectivity index (χ4v) is 1.56. The van der Waals surface area contributed by atoms with E-state index in [4.69, 9.17) is 5.73 Å². The van der Waals surface area contributed by atoms with E-state index in [-0.39, 0.29) is 10.0 Å². The van der Waals surface area contributed by atoms with Gasteiger partial charge in [0.1, 0.15) is 5.75 Å². The molecule has 0 unspecified atom stereocenters. The van der Waals surface area contributed by atoms with Gasteiger partial charge in [-0.3, -0.25) is 10.1 Å². The number of benzene rings is 1. The number of nitrogens with two attached hydrogens (primary N) is 1. The topological polar surface area (TPSA) is 89.4 Å². The van der Waals surface area contributed by atoms with Gasteiger partial charge in [-0.2, -0.15) is 0 Å². The second-order valence-electron chi connectivity index (χ2n) is 2.98. The van der Waals surface area contributed by atoms with Gasteiger partial charge in [-0.1, -0.05) is 0 Å². The fraction of sp³-hybridized carbons (Fsp3) is 0.250. The molecule has 0 fully saturated rings. The largest absolute Gasteiger partial charge is 0.506 e. The maximum Gasteiger partial charge on any atom is 0.271 e. The van der Waals surface area contributed by atoms with Crippen LogP contribution in [0.4, 0.5) is 14.5 Å². The van der Waals surface area contributed by atoms with Crippen LogP contribution in [-0.2, 0) is 0 Å². The molecule has 0 heterocycles. The highest BCUT2D eigenvalue weighted by Gasteiger charge is 2.25. The smallest absolute Gasteiger partial charge is 0.271 e. The van der Waals surface area contributed by atoms with Gasteiger partial charge in [0.25, 0.3) is 12.1 Å². The van der Waals surface area contributed by atoms with Crippen molar-refractivity contribution in [3.05, 3.63) is 32.3 Å². The lowest BCUT2D eigenvalue weighted by Crippen LogP contribution is -2.19. The Bertz CT molecular complexity index is 428. The van der Waals surface area contributed by atoms with E-state index in [1.807, 2.05) is 0 Å². The number of aromatic hydroxyl groups is 1. The van der Waals surface area contributed by atoms with Gasteiger partial charge in [0.05, 0.1) is 15.4 Å². The molecule has 16 heavy (non-hydrogen) atoms. The zero-order chi connectivity index (χ0) is 12.5. The minimum atomic E-state index is -2.92. The van der Waals surface area contributed by atoms with Gasteiger partial charge in [-0.15, -0.1) is 0 Å². The Morgan fingerprint density at radius 1 is 1.50 bits per heavy atom. The summed E-state index contributed by atoms with van der Waals surface area (Å²) in [6.07, 6.45) is -2.92. The molecule has 1 aromatic carbocycles. The molecule has 88 valence electrons. The van der Waals surface area contributed by atoms with E-state index in [2.05, 4.69) is 15.9 Å². The summed E-state index contributed by atoms with van der Waals surface area (Å²) in [5, 5.41) is 19.9. The van der Waals surface area contributed by atoms with E-state index in [1.165, 1.54) is 0 Å². The lowest BCUT2D eigenvalue weighted by Gasteiger charge is -2.13. The number of nitro benzene ring substituents is 1. The first kappa shape index (κ1) is 12.8. The number of phenolic OH excluding ortho intramolecular Hbond substituents is 1. The summed E-state index contributed by atoms with van der Waals surface area (Å²) >= 11 is 2.83. The molecule has 3 N–H and O–H groups in total. The van der Waals surface area contributed by atoms with Gasteiger partial charge in [0.15, 0.2) is 0 Å². The van der Waals surface area contributed by atoms with E-state index in [9.17, 15) is 24.0 Å². The normalized spacial score (nSPS) is 12.8. The van der Waals surface area contributed by atoms with Gasteiger partial charge >= 0.3 is 0 Å². The van der Waals surface area contributed by atoms with E-state index in [1.54, 1.807) is 0 Å². The van der Waals surface area contributed by atoms with Crippen LogP contribution in [-0.4, -0.2) is 16.5 Å². The van der Waals surface area contributed by atoms with Crippen LogP contribution in [0.1, 0.15) is 11.6 Å². The van der Waals surface area contributed by atoms with Crippen molar-refractivity contribution in [1.82, 2.24) is 0 Å². The van der Waals surface area contributed by atoms with Gasteiger partial charge in [0, 0.05) is 17.7 Å². The van der Waals surface area contributed by atoms with Crippen LogP contribution in [0.3, 0.4) is 0 Å². The molecule has 0 bridgehead atoms. The molecule has 0 spiro atoms. The molecule has 0 aliphatic rings. The Balaban J connectivity index is 3.32. The SMILES string of the molecule is N[C@H](c1cc([N+](=O)[O-])cc(Br)c1O)C(F)F. The van der Waals surface area contributed by atoms with Gasteiger partial charge in [-0.25, -0.2) is 8.78 Å². The van der Waals surface area contributed by atoms with E-state index in [0.717, 1.165) is 12.1 Å². The molecule has 1 rings (SSSR count). The lowest BCUT2D eigenvalue weighted by atomic mass is 10.1. The molecule has 0 saturated carbocycles. The van der Waals surface area contributed by atoms with Crippen molar-refractivity contribution in [2.75, 3.05) is 0 Å². The number of nitro groups is 1. The number of rotatable bonds is 3. The zero-order valence-electron chi connectivity index (χ0n) is 7.73. The summed E-state index contributed by atoms with van der Waals surface area (Å²) < 4.78 is 24.6. The highest BCUT2D eigenvalue weighted by molar-refractivity contribution is 9.10. The van der Waals surface area contributed by atoms with Gasteiger partial charge in [-0.05, 0) is 15.9 Å². The number of alkyl halides is 2. The van der Waals surface area contributed by atoms with Gasteiger partial charge in [0.2, 0.25) is 0 Å². The van der Waals surface area contributed by atoms with Crippen molar-refractivity contribution in [3.63, 3.8) is 0 Å².